The molecule has 0 aromatic heterocycles. The van der Waals surface area contributed by atoms with Gasteiger partial charge in [0.1, 0.15) is 5.75 Å². The second-order valence-electron chi connectivity index (χ2n) is 5.19. The molecule has 0 amide bonds. The van der Waals surface area contributed by atoms with Gasteiger partial charge >= 0.3 is 5.92 Å². The Morgan fingerprint density at radius 3 is 2.43 bits per heavy atom. The number of nitrogens with two attached hydrogens (primary N) is 1. The van der Waals surface area contributed by atoms with Gasteiger partial charge in [0.2, 0.25) is 0 Å². The molecule has 1 atom stereocenters. The quantitative estimate of drug-likeness (QED) is 0.896. The second kappa shape index (κ2) is 6.22. The molecular formula is C17H19F2NO. The Morgan fingerprint density at radius 2 is 1.81 bits per heavy atom. The van der Waals surface area contributed by atoms with Crippen molar-refractivity contribution in [3.05, 3.63) is 65.2 Å². The SMILES string of the molecule is Cc1ccc(OCC(F)(F)c2ccccc2)c(C(C)N)c1. The Bertz CT molecular complexity index is 597. The monoisotopic (exact) mass is 291 g/mol. The van der Waals surface area contributed by atoms with Crippen molar-refractivity contribution in [2.45, 2.75) is 25.8 Å². The maximum atomic E-state index is 14.1. The van der Waals surface area contributed by atoms with Crippen molar-refractivity contribution in [2.75, 3.05) is 6.61 Å². The molecule has 4 heteroatoms. The Kier molecular flexibility index (Phi) is 4.58. The van der Waals surface area contributed by atoms with E-state index < -0.39 is 12.5 Å². The van der Waals surface area contributed by atoms with E-state index in [1.807, 2.05) is 19.1 Å². The summed E-state index contributed by atoms with van der Waals surface area (Å²) in [7, 11) is 0. The number of ether oxygens (including phenoxy) is 1. The first-order valence-corrected chi connectivity index (χ1v) is 6.82. The largest absolute Gasteiger partial charge is 0.487 e. The minimum Gasteiger partial charge on any atom is -0.487 e. The van der Waals surface area contributed by atoms with E-state index in [0.717, 1.165) is 11.1 Å². The van der Waals surface area contributed by atoms with Gasteiger partial charge in [-0.1, -0.05) is 48.0 Å². The lowest BCUT2D eigenvalue weighted by Crippen LogP contribution is -2.23. The maximum absolute atomic E-state index is 14.1. The van der Waals surface area contributed by atoms with Crippen LogP contribution in [0.2, 0.25) is 0 Å². The van der Waals surface area contributed by atoms with Gasteiger partial charge in [-0.25, -0.2) is 0 Å². The third kappa shape index (κ3) is 3.79. The molecule has 0 fully saturated rings. The van der Waals surface area contributed by atoms with Gasteiger partial charge in [0.25, 0.3) is 0 Å². The molecule has 2 rings (SSSR count). The fraction of sp³-hybridized carbons (Fsp3) is 0.294. The highest BCUT2D eigenvalue weighted by atomic mass is 19.3. The molecule has 1 unspecified atom stereocenters. The van der Waals surface area contributed by atoms with Crippen LogP contribution in [0.4, 0.5) is 8.78 Å². The molecule has 0 saturated carbocycles. The van der Waals surface area contributed by atoms with Crippen LogP contribution in [0, 0.1) is 6.92 Å². The van der Waals surface area contributed by atoms with Crippen molar-refractivity contribution in [1.29, 1.82) is 0 Å². The van der Waals surface area contributed by atoms with E-state index in [0.29, 0.717) is 5.75 Å². The smallest absolute Gasteiger partial charge is 0.306 e. The number of benzene rings is 2. The lowest BCUT2D eigenvalue weighted by molar-refractivity contribution is -0.0470. The first kappa shape index (κ1) is 15.4. The van der Waals surface area contributed by atoms with Crippen LogP contribution in [0.15, 0.2) is 48.5 Å². The van der Waals surface area contributed by atoms with Crippen molar-refractivity contribution < 1.29 is 13.5 Å². The molecule has 0 bridgehead atoms. The highest BCUT2D eigenvalue weighted by Gasteiger charge is 2.32. The molecule has 21 heavy (non-hydrogen) atoms. The van der Waals surface area contributed by atoms with Crippen molar-refractivity contribution in [1.82, 2.24) is 0 Å². The van der Waals surface area contributed by atoms with Crippen LogP contribution >= 0.6 is 0 Å². The van der Waals surface area contributed by atoms with E-state index in [1.165, 1.54) is 12.1 Å². The molecule has 2 N–H and O–H groups in total. The van der Waals surface area contributed by atoms with Gasteiger partial charge in [0, 0.05) is 17.2 Å². The number of hydrogen-bond acceptors (Lipinski definition) is 2. The number of halogens is 2. The molecule has 2 aromatic rings. The topological polar surface area (TPSA) is 35.2 Å². The highest BCUT2D eigenvalue weighted by molar-refractivity contribution is 5.39. The number of rotatable bonds is 5. The molecule has 0 aliphatic rings. The molecule has 0 aliphatic carbocycles. The predicted molar refractivity (Wildman–Crippen MR) is 79.6 cm³/mol. The Hall–Kier alpha value is -1.94. The zero-order valence-corrected chi connectivity index (χ0v) is 12.1. The van der Waals surface area contributed by atoms with Gasteiger partial charge in [0.05, 0.1) is 0 Å². The minimum atomic E-state index is -3.04. The summed E-state index contributed by atoms with van der Waals surface area (Å²) in [5, 5.41) is 0. The molecule has 0 saturated heterocycles. The lowest BCUT2D eigenvalue weighted by atomic mass is 10.0. The summed E-state index contributed by atoms with van der Waals surface area (Å²) in [5.74, 6) is -2.63. The molecular weight excluding hydrogens is 272 g/mol. The summed E-state index contributed by atoms with van der Waals surface area (Å²) < 4.78 is 33.5. The summed E-state index contributed by atoms with van der Waals surface area (Å²) in [6.45, 7) is 3.02. The fourth-order valence-electron chi connectivity index (χ4n) is 2.09. The standard InChI is InChI=1S/C17H19F2NO/c1-12-8-9-16(15(10-12)13(2)20)21-11-17(18,19)14-6-4-3-5-7-14/h3-10,13H,11,20H2,1-2H3. The van der Waals surface area contributed by atoms with Crippen LogP contribution in [0.1, 0.15) is 29.7 Å². The summed E-state index contributed by atoms with van der Waals surface area (Å²) in [5.41, 5.74) is 7.56. The maximum Gasteiger partial charge on any atom is 0.306 e. The molecule has 0 spiro atoms. The fourth-order valence-corrected chi connectivity index (χ4v) is 2.09. The number of alkyl halides is 2. The van der Waals surface area contributed by atoms with Gasteiger partial charge in [-0.05, 0) is 19.9 Å². The molecule has 112 valence electrons. The van der Waals surface area contributed by atoms with Crippen LogP contribution in [-0.4, -0.2) is 6.61 Å². The third-order valence-electron chi connectivity index (χ3n) is 3.26. The summed E-state index contributed by atoms with van der Waals surface area (Å²) >= 11 is 0. The summed E-state index contributed by atoms with van der Waals surface area (Å²) in [4.78, 5) is 0. The van der Waals surface area contributed by atoms with E-state index in [2.05, 4.69) is 0 Å². The van der Waals surface area contributed by atoms with Crippen molar-refractivity contribution in [2.24, 2.45) is 5.73 Å². The lowest BCUT2D eigenvalue weighted by Gasteiger charge is -2.20. The van der Waals surface area contributed by atoms with Gasteiger partial charge in [0.15, 0.2) is 6.61 Å². The molecule has 2 aromatic carbocycles. The van der Waals surface area contributed by atoms with Crippen LogP contribution in [0.25, 0.3) is 0 Å². The molecule has 0 heterocycles. The van der Waals surface area contributed by atoms with E-state index in [9.17, 15) is 8.78 Å². The van der Waals surface area contributed by atoms with Crippen molar-refractivity contribution in [3.8, 4) is 5.75 Å². The Labute approximate surface area is 123 Å². The van der Waals surface area contributed by atoms with E-state index in [-0.39, 0.29) is 11.6 Å². The summed E-state index contributed by atoms with van der Waals surface area (Å²) in [6.07, 6.45) is 0. The van der Waals surface area contributed by atoms with Crippen molar-refractivity contribution >= 4 is 0 Å². The van der Waals surface area contributed by atoms with Gasteiger partial charge in [-0.3, -0.25) is 0 Å². The van der Waals surface area contributed by atoms with E-state index >= 15 is 0 Å². The van der Waals surface area contributed by atoms with Crippen molar-refractivity contribution in [3.63, 3.8) is 0 Å². The Morgan fingerprint density at radius 1 is 1.14 bits per heavy atom. The highest BCUT2D eigenvalue weighted by Crippen LogP contribution is 2.31. The van der Waals surface area contributed by atoms with Gasteiger partial charge in [-0.2, -0.15) is 8.78 Å². The van der Waals surface area contributed by atoms with Gasteiger partial charge in [-0.15, -0.1) is 0 Å². The van der Waals surface area contributed by atoms with E-state index in [4.69, 9.17) is 10.5 Å². The van der Waals surface area contributed by atoms with Crippen LogP contribution in [0.5, 0.6) is 5.75 Å². The average molecular weight is 291 g/mol. The zero-order chi connectivity index (χ0) is 15.5. The van der Waals surface area contributed by atoms with E-state index in [1.54, 1.807) is 31.2 Å². The predicted octanol–water partition coefficient (Wildman–Crippen LogP) is 4.19. The third-order valence-corrected chi connectivity index (χ3v) is 3.26. The minimum absolute atomic E-state index is 0.0561. The zero-order valence-electron chi connectivity index (χ0n) is 12.1. The average Bonchev–Trinajstić information content (AvgIpc) is 2.47. The molecule has 2 nitrogen and oxygen atoms in total. The molecule has 0 radical (unpaired) electrons. The van der Waals surface area contributed by atoms with Gasteiger partial charge < -0.3 is 10.5 Å². The van der Waals surface area contributed by atoms with Crippen LogP contribution < -0.4 is 10.5 Å². The summed E-state index contributed by atoms with van der Waals surface area (Å²) in [6, 6.07) is 12.8. The number of aryl methyl sites for hydroxylation is 1. The van der Waals surface area contributed by atoms with Crippen LogP contribution in [-0.2, 0) is 5.92 Å². The first-order valence-electron chi connectivity index (χ1n) is 6.82. The Balaban J connectivity index is 2.16. The first-order chi connectivity index (χ1) is 9.90. The number of hydrogen-bond donors (Lipinski definition) is 1. The molecule has 0 aliphatic heterocycles. The normalized spacial score (nSPS) is 13.0. The second-order valence-corrected chi connectivity index (χ2v) is 5.19. The van der Waals surface area contributed by atoms with Crippen LogP contribution in [0.3, 0.4) is 0 Å².